The molecule has 2 N–H and O–H groups in total. The number of alkyl halides is 3. The summed E-state index contributed by atoms with van der Waals surface area (Å²) in [5.41, 5.74) is -2.05. The number of carbonyl (C=O) groups excluding carboxylic acids is 1. The zero-order chi connectivity index (χ0) is 15.8. The van der Waals surface area contributed by atoms with Crippen molar-refractivity contribution in [3.63, 3.8) is 0 Å². The maximum Gasteiger partial charge on any atom is 0.433 e. The summed E-state index contributed by atoms with van der Waals surface area (Å²) in [6.45, 7) is 1.26. The molecule has 1 aliphatic carbocycles. The second-order valence-electron chi connectivity index (χ2n) is 5.10. The van der Waals surface area contributed by atoms with E-state index in [-0.39, 0.29) is 17.8 Å². The Kier molecular flexibility index (Phi) is 3.65. The molecule has 1 fully saturated rings. The lowest BCUT2D eigenvalue weighted by Gasteiger charge is -2.13. The number of hydrogen-bond donors (Lipinski definition) is 2. The van der Waals surface area contributed by atoms with Crippen LogP contribution in [0.25, 0.3) is 0 Å². The highest BCUT2D eigenvalue weighted by Gasteiger charge is 2.50. The molecule has 1 amide bonds. The molecule has 0 bridgehead atoms. The van der Waals surface area contributed by atoms with Gasteiger partial charge in [0.05, 0.1) is 16.7 Å². The lowest BCUT2D eigenvalue weighted by molar-refractivity contribution is -0.143. The standard InChI is InChI=1S/C13H13F3N2O3/c1-7-8(2-3-9(18-7)13(14,15)16)10(19)17-6-12(4-5-12)11(20)21/h2-3H,4-6H2,1H3,(H,17,19)(H,20,21). The van der Waals surface area contributed by atoms with Crippen molar-refractivity contribution in [3.8, 4) is 0 Å². The Morgan fingerprint density at radius 3 is 2.43 bits per heavy atom. The molecule has 0 spiro atoms. The minimum Gasteiger partial charge on any atom is -0.481 e. The number of nitrogens with one attached hydrogen (secondary N) is 1. The fraction of sp³-hybridized carbons (Fsp3) is 0.462. The van der Waals surface area contributed by atoms with E-state index in [1.165, 1.54) is 6.92 Å². The van der Waals surface area contributed by atoms with E-state index in [1.54, 1.807) is 0 Å². The van der Waals surface area contributed by atoms with Crippen LogP contribution >= 0.6 is 0 Å². The third kappa shape index (κ3) is 3.14. The van der Waals surface area contributed by atoms with Crippen LogP contribution in [-0.2, 0) is 11.0 Å². The Morgan fingerprint density at radius 1 is 1.38 bits per heavy atom. The number of aliphatic carboxylic acids is 1. The minimum absolute atomic E-state index is 0.00388. The number of nitrogens with zero attached hydrogens (tertiary/aromatic N) is 1. The van der Waals surface area contributed by atoms with Gasteiger partial charge in [-0.2, -0.15) is 13.2 Å². The first-order chi connectivity index (χ1) is 9.66. The van der Waals surface area contributed by atoms with Crippen LogP contribution in [0.1, 0.15) is 34.6 Å². The molecule has 0 unspecified atom stereocenters. The largest absolute Gasteiger partial charge is 0.481 e. The van der Waals surface area contributed by atoms with Crippen molar-refractivity contribution in [2.45, 2.75) is 25.9 Å². The summed E-state index contributed by atoms with van der Waals surface area (Å²) in [6, 6.07) is 1.77. The van der Waals surface area contributed by atoms with Crippen LogP contribution in [0.5, 0.6) is 0 Å². The lowest BCUT2D eigenvalue weighted by Crippen LogP contribution is -2.34. The van der Waals surface area contributed by atoms with E-state index in [9.17, 15) is 22.8 Å². The second-order valence-corrected chi connectivity index (χ2v) is 5.10. The number of aromatic nitrogens is 1. The van der Waals surface area contributed by atoms with E-state index in [0.717, 1.165) is 12.1 Å². The molecule has 0 atom stereocenters. The molecule has 1 aromatic rings. The number of amides is 1. The van der Waals surface area contributed by atoms with Gasteiger partial charge in [0, 0.05) is 6.54 Å². The Hall–Kier alpha value is -2.12. The summed E-state index contributed by atoms with van der Waals surface area (Å²) in [7, 11) is 0. The van der Waals surface area contributed by atoms with E-state index < -0.39 is 29.2 Å². The van der Waals surface area contributed by atoms with Gasteiger partial charge in [-0.1, -0.05) is 0 Å². The molecule has 0 radical (unpaired) electrons. The van der Waals surface area contributed by atoms with Crippen LogP contribution in [0.15, 0.2) is 12.1 Å². The van der Waals surface area contributed by atoms with Gasteiger partial charge in [-0.15, -0.1) is 0 Å². The zero-order valence-corrected chi connectivity index (χ0v) is 11.1. The average Bonchev–Trinajstić information content (AvgIpc) is 3.16. The van der Waals surface area contributed by atoms with Crippen LogP contribution < -0.4 is 5.32 Å². The molecule has 21 heavy (non-hydrogen) atoms. The quantitative estimate of drug-likeness (QED) is 0.891. The molecule has 1 saturated carbocycles. The van der Waals surface area contributed by atoms with Gasteiger partial charge >= 0.3 is 12.1 Å². The number of halogens is 3. The monoisotopic (exact) mass is 302 g/mol. The highest BCUT2D eigenvalue weighted by atomic mass is 19.4. The molecule has 1 heterocycles. The number of hydrogen-bond acceptors (Lipinski definition) is 3. The van der Waals surface area contributed by atoms with Gasteiger partial charge in [0.2, 0.25) is 0 Å². The molecule has 2 rings (SSSR count). The van der Waals surface area contributed by atoms with Gasteiger partial charge in [0.1, 0.15) is 5.69 Å². The number of carbonyl (C=O) groups is 2. The van der Waals surface area contributed by atoms with E-state index in [2.05, 4.69) is 10.3 Å². The van der Waals surface area contributed by atoms with E-state index in [0.29, 0.717) is 12.8 Å². The van der Waals surface area contributed by atoms with Crippen molar-refractivity contribution in [1.29, 1.82) is 0 Å². The zero-order valence-electron chi connectivity index (χ0n) is 11.1. The molecule has 8 heteroatoms. The van der Waals surface area contributed by atoms with Crippen molar-refractivity contribution in [2.24, 2.45) is 5.41 Å². The molecular formula is C13H13F3N2O3. The first kappa shape index (κ1) is 15.3. The average molecular weight is 302 g/mol. The number of carboxylic acids is 1. The van der Waals surface area contributed by atoms with Crippen LogP contribution in [0.3, 0.4) is 0 Å². The normalized spacial score (nSPS) is 16.4. The van der Waals surface area contributed by atoms with Crippen LogP contribution in [0, 0.1) is 12.3 Å². The van der Waals surface area contributed by atoms with E-state index >= 15 is 0 Å². The summed E-state index contributed by atoms with van der Waals surface area (Å²) < 4.78 is 37.4. The van der Waals surface area contributed by atoms with Gasteiger partial charge in [-0.05, 0) is 31.9 Å². The minimum atomic E-state index is -4.57. The summed E-state index contributed by atoms with van der Waals surface area (Å²) in [6.07, 6.45) is -3.61. The van der Waals surface area contributed by atoms with E-state index in [4.69, 9.17) is 5.11 Å². The maximum atomic E-state index is 12.5. The highest BCUT2D eigenvalue weighted by Crippen LogP contribution is 2.45. The fourth-order valence-electron chi connectivity index (χ4n) is 1.92. The van der Waals surface area contributed by atoms with Crippen molar-refractivity contribution < 1.29 is 27.9 Å². The molecule has 0 aliphatic heterocycles. The van der Waals surface area contributed by atoms with Gasteiger partial charge in [-0.3, -0.25) is 9.59 Å². The van der Waals surface area contributed by atoms with Gasteiger partial charge < -0.3 is 10.4 Å². The van der Waals surface area contributed by atoms with E-state index in [1.807, 2.05) is 0 Å². The summed E-state index contributed by atoms with van der Waals surface area (Å²) >= 11 is 0. The van der Waals surface area contributed by atoms with Gasteiger partial charge in [-0.25, -0.2) is 4.98 Å². The van der Waals surface area contributed by atoms with Crippen molar-refractivity contribution >= 4 is 11.9 Å². The first-order valence-corrected chi connectivity index (χ1v) is 6.22. The number of carboxylic acid groups (broad SMARTS) is 1. The smallest absolute Gasteiger partial charge is 0.433 e. The topological polar surface area (TPSA) is 79.3 Å². The Balaban J connectivity index is 2.08. The summed E-state index contributed by atoms with van der Waals surface area (Å²) in [5, 5.41) is 11.4. The number of rotatable bonds is 4. The van der Waals surface area contributed by atoms with Crippen molar-refractivity contribution in [3.05, 3.63) is 29.1 Å². The molecule has 1 aromatic heterocycles. The summed E-state index contributed by atoms with van der Waals surface area (Å²) in [4.78, 5) is 26.2. The Labute approximate surface area is 118 Å². The lowest BCUT2D eigenvalue weighted by atomic mass is 10.1. The van der Waals surface area contributed by atoms with Crippen molar-refractivity contribution in [2.75, 3.05) is 6.54 Å². The molecular weight excluding hydrogens is 289 g/mol. The van der Waals surface area contributed by atoms with Crippen LogP contribution in [0.4, 0.5) is 13.2 Å². The molecule has 5 nitrogen and oxygen atoms in total. The Bertz CT molecular complexity index is 595. The SMILES string of the molecule is Cc1nc(C(F)(F)F)ccc1C(=O)NCC1(C(=O)O)CC1. The predicted octanol–water partition coefficient (Wildman–Crippen LogP) is 2.00. The molecule has 0 aromatic carbocycles. The van der Waals surface area contributed by atoms with Crippen LogP contribution in [-0.4, -0.2) is 28.5 Å². The highest BCUT2D eigenvalue weighted by molar-refractivity contribution is 5.95. The van der Waals surface area contributed by atoms with Crippen molar-refractivity contribution in [1.82, 2.24) is 10.3 Å². The number of pyridine rings is 1. The van der Waals surface area contributed by atoms with Crippen LogP contribution in [0.2, 0.25) is 0 Å². The molecule has 0 saturated heterocycles. The molecule has 1 aliphatic rings. The maximum absolute atomic E-state index is 12.5. The second kappa shape index (κ2) is 5.01. The van der Waals surface area contributed by atoms with Gasteiger partial charge in [0.15, 0.2) is 0 Å². The van der Waals surface area contributed by atoms with Gasteiger partial charge in [0.25, 0.3) is 5.91 Å². The Morgan fingerprint density at radius 2 is 2.00 bits per heavy atom. The third-order valence-corrected chi connectivity index (χ3v) is 3.52. The number of aryl methyl sites for hydroxylation is 1. The molecule has 114 valence electrons. The fourth-order valence-corrected chi connectivity index (χ4v) is 1.92. The first-order valence-electron chi connectivity index (χ1n) is 6.22. The summed E-state index contributed by atoms with van der Waals surface area (Å²) in [5.74, 6) is -1.61. The third-order valence-electron chi connectivity index (χ3n) is 3.52. The predicted molar refractivity (Wildman–Crippen MR) is 65.6 cm³/mol.